The molecule has 0 bridgehead atoms. The predicted molar refractivity (Wildman–Crippen MR) is 115 cm³/mol. The molecule has 0 radical (unpaired) electrons. The molecule has 2 aliphatic heterocycles. The van der Waals surface area contributed by atoms with Crippen molar-refractivity contribution < 1.29 is 9.59 Å². The van der Waals surface area contributed by atoms with E-state index in [1.807, 2.05) is 41.3 Å². The Kier molecular flexibility index (Phi) is 6.25. The third-order valence-corrected chi connectivity index (χ3v) is 5.98. The summed E-state index contributed by atoms with van der Waals surface area (Å²) in [6.45, 7) is 2.95. The van der Waals surface area contributed by atoms with E-state index < -0.39 is 0 Å². The van der Waals surface area contributed by atoms with Crippen LogP contribution in [0.3, 0.4) is 0 Å². The highest BCUT2D eigenvalue weighted by Crippen LogP contribution is 2.27. The number of rotatable bonds is 6. The molecule has 5 nitrogen and oxygen atoms in total. The number of likely N-dealkylation sites (tertiary alicyclic amines) is 1. The molecule has 2 aromatic rings. The maximum Gasteiger partial charge on any atom is 0.241 e. The van der Waals surface area contributed by atoms with Crippen LogP contribution in [0.15, 0.2) is 54.6 Å². The minimum atomic E-state index is 0.122. The molecule has 1 N–H and O–H groups in total. The van der Waals surface area contributed by atoms with Gasteiger partial charge in [0.25, 0.3) is 0 Å². The van der Waals surface area contributed by atoms with E-state index in [4.69, 9.17) is 0 Å². The highest BCUT2D eigenvalue weighted by Gasteiger charge is 2.27. The van der Waals surface area contributed by atoms with Crippen LogP contribution in [0.2, 0.25) is 0 Å². The summed E-state index contributed by atoms with van der Waals surface area (Å²) in [5, 5.41) is 3.17. The van der Waals surface area contributed by atoms with E-state index in [1.165, 1.54) is 11.1 Å². The SMILES string of the molecule is O=C(CCc1ccccc1)NC1CCN(CC(=O)N2CCc3ccccc32)CC1. The van der Waals surface area contributed by atoms with Crippen molar-refractivity contribution in [1.82, 2.24) is 10.2 Å². The number of hydrogen-bond donors (Lipinski definition) is 1. The summed E-state index contributed by atoms with van der Waals surface area (Å²) >= 11 is 0. The number of para-hydroxylation sites is 1. The average molecular weight is 392 g/mol. The van der Waals surface area contributed by atoms with Crippen molar-refractivity contribution in [2.45, 2.75) is 38.1 Å². The number of carbonyl (C=O) groups excluding carboxylic acids is 2. The number of benzene rings is 2. The van der Waals surface area contributed by atoms with Crippen molar-refractivity contribution in [2.24, 2.45) is 0 Å². The van der Waals surface area contributed by atoms with Crippen LogP contribution in [0.4, 0.5) is 5.69 Å². The summed E-state index contributed by atoms with van der Waals surface area (Å²) in [4.78, 5) is 29.2. The number of fused-ring (bicyclic) bond motifs is 1. The van der Waals surface area contributed by atoms with Gasteiger partial charge in [0.2, 0.25) is 11.8 Å². The second-order valence-electron chi connectivity index (χ2n) is 8.03. The molecule has 2 heterocycles. The fraction of sp³-hybridized carbons (Fsp3) is 0.417. The Morgan fingerprint density at radius 2 is 1.66 bits per heavy atom. The molecule has 2 amide bonds. The average Bonchev–Trinajstić information content (AvgIpc) is 3.19. The quantitative estimate of drug-likeness (QED) is 0.824. The van der Waals surface area contributed by atoms with Crippen LogP contribution in [0.1, 0.15) is 30.4 Å². The largest absolute Gasteiger partial charge is 0.353 e. The van der Waals surface area contributed by atoms with Gasteiger partial charge in [-0.1, -0.05) is 48.5 Å². The maximum atomic E-state index is 12.8. The molecular formula is C24H29N3O2. The zero-order valence-corrected chi connectivity index (χ0v) is 16.8. The van der Waals surface area contributed by atoms with Gasteiger partial charge in [0.1, 0.15) is 0 Å². The lowest BCUT2D eigenvalue weighted by Gasteiger charge is -2.33. The summed E-state index contributed by atoms with van der Waals surface area (Å²) in [5.41, 5.74) is 3.52. The lowest BCUT2D eigenvalue weighted by atomic mass is 10.0. The van der Waals surface area contributed by atoms with Crippen LogP contribution < -0.4 is 10.2 Å². The Balaban J connectivity index is 1.19. The fourth-order valence-corrected chi connectivity index (χ4v) is 4.31. The normalized spacial score (nSPS) is 17.2. The molecule has 1 saturated heterocycles. The number of piperidine rings is 1. The Labute approximate surface area is 172 Å². The van der Waals surface area contributed by atoms with Gasteiger partial charge in [0, 0.05) is 37.8 Å². The van der Waals surface area contributed by atoms with Crippen molar-refractivity contribution in [2.75, 3.05) is 31.1 Å². The van der Waals surface area contributed by atoms with Crippen molar-refractivity contribution in [1.29, 1.82) is 0 Å². The summed E-state index contributed by atoms with van der Waals surface area (Å²) in [7, 11) is 0. The molecule has 29 heavy (non-hydrogen) atoms. The molecule has 4 rings (SSSR count). The summed E-state index contributed by atoms with van der Waals surface area (Å²) < 4.78 is 0. The first-order valence-corrected chi connectivity index (χ1v) is 10.6. The molecule has 0 saturated carbocycles. The molecular weight excluding hydrogens is 362 g/mol. The van der Waals surface area contributed by atoms with Gasteiger partial charge >= 0.3 is 0 Å². The molecule has 0 unspecified atom stereocenters. The molecule has 0 atom stereocenters. The Bertz CT molecular complexity index is 844. The van der Waals surface area contributed by atoms with Crippen LogP contribution in [0.25, 0.3) is 0 Å². The van der Waals surface area contributed by atoms with Crippen LogP contribution in [0, 0.1) is 0 Å². The second-order valence-corrected chi connectivity index (χ2v) is 8.03. The topological polar surface area (TPSA) is 52.7 Å². The van der Waals surface area contributed by atoms with Crippen LogP contribution in [0.5, 0.6) is 0 Å². The van der Waals surface area contributed by atoms with E-state index in [1.54, 1.807) is 0 Å². The third-order valence-electron chi connectivity index (χ3n) is 5.98. The van der Waals surface area contributed by atoms with Gasteiger partial charge in [-0.15, -0.1) is 0 Å². The van der Waals surface area contributed by atoms with Crippen LogP contribution >= 0.6 is 0 Å². The van der Waals surface area contributed by atoms with Crippen molar-refractivity contribution >= 4 is 17.5 Å². The predicted octanol–water partition coefficient (Wildman–Crippen LogP) is 2.79. The molecule has 0 aromatic heterocycles. The van der Waals surface area contributed by atoms with Gasteiger partial charge in [0.05, 0.1) is 6.54 Å². The third kappa shape index (κ3) is 5.04. The highest BCUT2D eigenvalue weighted by atomic mass is 16.2. The van der Waals surface area contributed by atoms with E-state index in [2.05, 4.69) is 28.4 Å². The van der Waals surface area contributed by atoms with Crippen molar-refractivity contribution in [3.8, 4) is 0 Å². The zero-order chi connectivity index (χ0) is 20.1. The van der Waals surface area contributed by atoms with E-state index in [0.29, 0.717) is 13.0 Å². The molecule has 0 spiro atoms. The summed E-state index contributed by atoms with van der Waals surface area (Å²) in [6, 6.07) is 18.5. The number of aryl methyl sites for hydroxylation is 1. The number of amides is 2. The Hall–Kier alpha value is -2.66. The van der Waals surface area contributed by atoms with Gasteiger partial charge in [0.15, 0.2) is 0 Å². The molecule has 0 aliphatic carbocycles. The molecule has 2 aliphatic rings. The Morgan fingerprint density at radius 3 is 2.45 bits per heavy atom. The van der Waals surface area contributed by atoms with E-state index in [-0.39, 0.29) is 17.9 Å². The summed E-state index contributed by atoms with van der Waals surface area (Å²) in [5.74, 6) is 0.303. The minimum absolute atomic E-state index is 0.122. The minimum Gasteiger partial charge on any atom is -0.353 e. The van der Waals surface area contributed by atoms with Crippen LogP contribution in [-0.2, 0) is 22.4 Å². The first kappa shape index (κ1) is 19.6. The summed E-state index contributed by atoms with van der Waals surface area (Å²) in [6.07, 6.45) is 4.05. The number of nitrogens with one attached hydrogen (secondary N) is 1. The lowest BCUT2D eigenvalue weighted by Crippen LogP contribution is -2.48. The first-order valence-electron chi connectivity index (χ1n) is 10.6. The number of carbonyl (C=O) groups is 2. The van der Waals surface area contributed by atoms with Gasteiger partial charge in [-0.25, -0.2) is 0 Å². The van der Waals surface area contributed by atoms with Gasteiger partial charge in [-0.3, -0.25) is 14.5 Å². The number of anilines is 1. The molecule has 5 heteroatoms. The fourth-order valence-electron chi connectivity index (χ4n) is 4.31. The van der Waals surface area contributed by atoms with Crippen LogP contribution in [-0.4, -0.2) is 48.9 Å². The molecule has 2 aromatic carbocycles. The first-order chi connectivity index (χ1) is 14.2. The van der Waals surface area contributed by atoms with Gasteiger partial charge in [-0.2, -0.15) is 0 Å². The maximum absolute atomic E-state index is 12.8. The van der Waals surface area contributed by atoms with E-state index in [0.717, 1.165) is 51.0 Å². The Morgan fingerprint density at radius 1 is 0.931 bits per heavy atom. The zero-order valence-electron chi connectivity index (χ0n) is 16.8. The smallest absolute Gasteiger partial charge is 0.241 e. The van der Waals surface area contributed by atoms with Crippen molar-refractivity contribution in [3.63, 3.8) is 0 Å². The highest BCUT2D eigenvalue weighted by molar-refractivity contribution is 5.96. The van der Waals surface area contributed by atoms with Crippen molar-refractivity contribution in [3.05, 3.63) is 65.7 Å². The second kappa shape index (κ2) is 9.23. The lowest BCUT2D eigenvalue weighted by molar-refractivity contribution is -0.123. The molecule has 152 valence electrons. The molecule has 1 fully saturated rings. The monoisotopic (exact) mass is 391 g/mol. The van der Waals surface area contributed by atoms with Gasteiger partial charge < -0.3 is 10.2 Å². The van der Waals surface area contributed by atoms with E-state index >= 15 is 0 Å². The number of hydrogen-bond acceptors (Lipinski definition) is 3. The number of nitrogens with zero attached hydrogens (tertiary/aromatic N) is 2. The van der Waals surface area contributed by atoms with Gasteiger partial charge in [-0.05, 0) is 42.9 Å². The van der Waals surface area contributed by atoms with E-state index in [9.17, 15) is 9.59 Å². The standard InChI is InChI=1S/C24H29N3O2/c28-23(11-10-19-6-2-1-3-7-19)25-21-13-15-26(16-14-21)18-24(29)27-17-12-20-8-4-5-9-22(20)27/h1-9,21H,10-18H2,(H,25,28).